The fourth-order valence-electron chi connectivity index (χ4n) is 3.00. The third-order valence-corrected chi connectivity index (χ3v) is 5.47. The van der Waals surface area contributed by atoms with Gasteiger partial charge in [0.15, 0.2) is 0 Å². The molecule has 0 bridgehead atoms. The van der Waals surface area contributed by atoms with Crippen LogP contribution in [-0.4, -0.2) is 6.54 Å². The van der Waals surface area contributed by atoms with Gasteiger partial charge >= 0.3 is 0 Å². The molecule has 1 unspecified atom stereocenters. The number of halogens is 1. The van der Waals surface area contributed by atoms with Crippen LogP contribution in [-0.2, 0) is 0 Å². The number of rotatable bonds is 6. The van der Waals surface area contributed by atoms with E-state index in [4.69, 9.17) is 11.6 Å². The highest BCUT2D eigenvalue weighted by atomic mass is 35.5. The molecule has 0 radical (unpaired) electrons. The van der Waals surface area contributed by atoms with Crippen LogP contribution in [0.1, 0.15) is 62.8 Å². The lowest BCUT2D eigenvalue weighted by Gasteiger charge is -2.24. The van der Waals surface area contributed by atoms with Gasteiger partial charge in [0, 0.05) is 10.9 Å². The highest BCUT2D eigenvalue weighted by molar-refractivity contribution is 7.10. The van der Waals surface area contributed by atoms with Crippen molar-refractivity contribution in [3.8, 4) is 0 Å². The summed E-state index contributed by atoms with van der Waals surface area (Å²) in [5.41, 5.74) is 0. The molecule has 0 spiro atoms. The molecule has 1 nitrogen and oxygen atoms in total. The molecule has 0 amide bonds. The Bertz CT molecular complexity index is 344. The molecule has 102 valence electrons. The quantitative estimate of drug-likeness (QED) is 0.736. The van der Waals surface area contributed by atoms with Gasteiger partial charge in [-0.15, -0.1) is 11.3 Å². The zero-order valence-corrected chi connectivity index (χ0v) is 12.8. The second-order valence-corrected chi connectivity index (χ2v) is 6.68. The summed E-state index contributed by atoms with van der Waals surface area (Å²) >= 11 is 8.05. The fraction of sp³-hybridized carbons (Fsp3) is 0.733. The molecule has 1 aliphatic rings. The van der Waals surface area contributed by atoms with Crippen LogP contribution in [0.4, 0.5) is 0 Å². The molecule has 0 saturated heterocycles. The monoisotopic (exact) mass is 285 g/mol. The normalized spacial score (nSPS) is 19.0. The van der Waals surface area contributed by atoms with Crippen molar-refractivity contribution in [2.24, 2.45) is 5.92 Å². The Labute approximate surface area is 120 Å². The van der Waals surface area contributed by atoms with Gasteiger partial charge in [-0.05, 0) is 36.8 Å². The second kappa shape index (κ2) is 7.52. The molecular weight excluding hydrogens is 262 g/mol. The molecule has 0 aromatic carbocycles. The molecule has 1 saturated carbocycles. The van der Waals surface area contributed by atoms with Crippen LogP contribution in [0.5, 0.6) is 0 Å². The van der Waals surface area contributed by atoms with E-state index in [-0.39, 0.29) is 0 Å². The van der Waals surface area contributed by atoms with Crippen molar-refractivity contribution in [3.05, 3.63) is 21.3 Å². The maximum atomic E-state index is 6.26. The first-order valence-corrected chi connectivity index (χ1v) is 8.53. The Morgan fingerprint density at radius 2 is 2.17 bits per heavy atom. The van der Waals surface area contributed by atoms with Crippen LogP contribution >= 0.6 is 22.9 Å². The molecule has 18 heavy (non-hydrogen) atoms. The third kappa shape index (κ3) is 3.97. The maximum absolute atomic E-state index is 6.26. The highest BCUT2D eigenvalue weighted by Crippen LogP contribution is 2.34. The minimum absolute atomic E-state index is 0.462. The Kier molecular flexibility index (Phi) is 6.00. The van der Waals surface area contributed by atoms with Crippen LogP contribution in [0.3, 0.4) is 0 Å². The van der Waals surface area contributed by atoms with Crippen molar-refractivity contribution in [1.29, 1.82) is 0 Å². The van der Waals surface area contributed by atoms with E-state index < -0.39 is 0 Å². The van der Waals surface area contributed by atoms with E-state index in [9.17, 15) is 0 Å². The van der Waals surface area contributed by atoms with Crippen LogP contribution in [0.15, 0.2) is 11.4 Å². The van der Waals surface area contributed by atoms with E-state index in [0.29, 0.717) is 6.04 Å². The predicted molar refractivity (Wildman–Crippen MR) is 81.6 cm³/mol. The van der Waals surface area contributed by atoms with E-state index in [1.54, 1.807) is 11.3 Å². The predicted octanol–water partition coefficient (Wildman–Crippen LogP) is 5.41. The van der Waals surface area contributed by atoms with Gasteiger partial charge in [-0.25, -0.2) is 0 Å². The summed E-state index contributed by atoms with van der Waals surface area (Å²) in [6.45, 7) is 3.19. The average molecular weight is 286 g/mol. The van der Waals surface area contributed by atoms with Gasteiger partial charge in [-0.3, -0.25) is 0 Å². The number of hydrogen-bond acceptors (Lipinski definition) is 2. The van der Waals surface area contributed by atoms with Gasteiger partial charge in [0.2, 0.25) is 0 Å². The number of hydrogen-bond donors (Lipinski definition) is 1. The van der Waals surface area contributed by atoms with Gasteiger partial charge in [-0.2, -0.15) is 0 Å². The summed E-state index contributed by atoms with van der Waals surface area (Å²) in [5.74, 6) is 0.957. The summed E-state index contributed by atoms with van der Waals surface area (Å²) in [6, 6.07) is 2.48. The molecule has 2 rings (SSSR count). The Hall–Kier alpha value is -0.0500. The van der Waals surface area contributed by atoms with Gasteiger partial charge in [0.25, 0.3) is 0 Å². The van der Waals surface area contributed by atoms with Crippen LogP contribution in [0.2, 0.25) is 5.02 Å². The molecule has 1 atom stereocenters. The van der Waals surface area contributed by atoms with Crippen molar-refractivity contribution in [1.82, 2.24) is 5.32 Å². The standard InChI is InChI=1S/C15H24ClNS/c1-2-17-14(15-13(16)10-11-18-15)9-8-12-6-4-3-5-7-12/h10-12,14,17H,2-9H2,1H3. The lowest BCUT2D eigenvalue weighted by molar-refractivity contribution is 0.316. The first-order valence-electron chi connectivity index (χ1n) is 7.27. The molecule has 1 N–H and O–H groups in total. The van der Waals surface area contributed by atoms with Crippen LogP contribution < -0.4 is 5.32 Å². The lowest BCUT2D eigenvalue weighted by atomic mass is 9.85. The van der Waals surface area contributed by atoms with Crippen molar-refractivity contribution in [2.75, 3.05) is 6.54 Å². The van der Waals surface area contributed by atoms with E-state index in [1.165, 1.54) is 49.8 Å². The lowest BCUT2D eigenvalue weighted by Crippen LogP contribution is -2.21. The van der Waals surface area contributed by atoms with Crippen molar-refractivity contribution < 1.29 is 0 Å². The Morgan fingerprint density at radius 1 is 1.39 bits per heavy atom. The summed E-state index contributed by atoms with van der Waals surface area (Å²) in [4.78, 5) is 1.33. The van der Waals surface area contributed by atoms with Crippen LogP contribution in [0, 0.1) is 5.92 Å². The summed E-state index contributed by atoms with van der Waals surface area (Å²) in [7, 11) is 0. The van der Waals surface area contributed by atoms with Crippen molar-refractivity contribution >= 4 is 22.9 Å². The average Bonchev–Trinajstić information content (AvgIpc) is 2.82. The van der Waals surface area contributed by atoms with E-state index in [1.807, 2.05) is 6.07 Å². The number of nitrogens with one attached hydrogen (secondary N) is 1. The summed E-state index contributed by atoms with van der Waals surface area (Å²) in [6.07, 6.45) is 9.80. The topological polar surface area (TPSA) is 12.0 Å². The smallest absolute Gasteiger partial charge is 0.0561 e. The van der Waals surface area contributed by atoms with E-state index in [0.717, 1.165) is 17.5 Å². The Balaban J connectivity index is 1.88. The minimum Gasteiger partial charge on any atom is -0.309 e. The summed E-state index contributed by atoms with van der Waals surface area (Å²) < 4.78 is 0. The second-order valence-electron chi connectivity index (χ2n) is 5.32. The first kappa shape index (κ1) is 14.4. The molecule has 0 aliphatic heterocycles. The molecule has 1 heterocycles. The zero-order valence-electron chi connectivity index (χ0n) is 11.3. The Morgan fingerprint density at radius 3 is 2.78 bits per heavy atom. The molecule has 1 aliphatic carbocycles. The first-order chi connectivity index (χ1) is 8.81. The molecule has 1 aromatic rings. The van der Waals surface area contributed by atoms with Crippen LogP contribution in [0.25, 0.3) is 0 Å². The van der Waals surface area contributed by atoms with E-state index >= 15 is 0 Å². The van der Waals surface area contributed by atoms with Gasteiger partial charge in [0.1, 0.15) is 0 Å². The molecule has 3 heteroatoms. The largest absolute Gasteiger partial charge is 0.309 e. The van der Waals surface area contributed by atoms with Gasteiger partial charge < -0.3 is 5.32 Å². The van der Waals surface area contributed by atoms with Gasteiger partial charge in [0.05, 0.1) is 5.02 Å². The minimum atomic E-state index is 0.462. The maximum Gasteiger partial charge on any atom is 0.0561 e. The fourth-order valence-corrected chi connectivity index (χ4v) is 4.30. The SMILES string of the molecule is CCNC(CCC1CCCCC1)c1sccc1Cl. The molecule has 1 aromatic heterocycles. The third-order valence-electron chi connectivity index (χ3n) is 4.00. The highest BCUT2D eigenvalue weighted by Gasteiger charge is 2.19. The number of thiophene rings is 1. The molecular formula is C15H24ClNS. The van der Waals surface area contributed by atoms with Gasteiger partial charge in [-0.1, -0.05) is 50.6 Å². The molecule has 1 fully saturated rings. The van der Waals surface area contributed by atoms with Crippen molar-refractivity contribution in [2.45, 2.75) is 57.9 Å². The zero-order chi connectivity index (χ0) is 12.8. The van der Waals surface area contributed by atoms with E-state index in [2.05, 4.69) is 17.6 Å². The summed E-state index contributed by atoms with van der Waals surface area (Å²) in [5, 5.41) is 6.63. The van der Waals surface area contributed by atoms with Crippen molar-refractivity contribution in [3.63, 3.8) is 0 Å².